The Kier molecular flexibility index (Phi) is 4.57. The van der Waals surface area contributed by atoms with Crippen LogP contribution in [-0.2, 0) is 27.2 Å². The van der Waals surface area contributed by atoms with Gasteiger partial charge in [-0.1, -0.05) is 12.1 Å². The molecule has 2 rings (SSSR count). The molecule has 2 N–H and O–H groups in total. The molecule has 0 radical (unpaired) electrons. The van der Waals surface area contributed by atoms with E-state index in [4.69, 9.17) is 14.6 Å². The zero-order chi connectivity index (χ0) is 14.5. The van der Waals surface area contributed by atoms with Crippen molar-refractivity contribution in [2.75, 3.05) is 20.3 Å². The molecule has 20 heavy (non-hydrogen) atoms. The molecule has 1 unspecified atom stereocenters. The summed E-state index contributed by atoms with van der Waals surface area (Å²) in [6.45, 7) is 0.637. The van der Waals surface area contributed by atoms with E-state index in [1.807, 2.05) is 18.2 Å². The van der Waals surface area contributed by atoms with Crippen molar-refractivity contribution in [2.24, 2.45) is 0 Å². The van der Waals surface area contributed by atoms with Crippen LogP contribution in [0.4, 0.5) is 0 Å². The summed E-state index contributed by atoms with van der Waals surface area (Å²) < 4.78 is 10.1. The first kappa shape index (κ1) is 14.3. The van der Waals surface area contributed by atoms with Crippen LogP contribution in [0.15, 0.2) is 18.2 Å². The van der Waals surface area contributed by atoms with Gasteiger partial charge in [0.2, 0.25) is 5.91 Å². The Hall–Kier alpha value is -2.08. The number of nitrogens with one attached hydrogen (secondary N) is 1. The van der Waals surface area contributed by atoms with E-state index in [1.54, 1.807) is 0 Å². The minimum absolute atomic E-state index is 0.0429. The topological polar surface area (TPSA) is 84.9 Å². The highest BCUT2D eigenvalue weighted by Crippen LogP contribution is 2.25. The summed E-state index contributed by atoms with van der Waals surface area (Å²) in [5, 5.41) is 11.3. The number of carbonyl (C=O) groups is 2. The lowest BCUT2D eigenvalue weighted by atomic mass is 10.1. The predicted molar refractivity (Wildman–Crippen MR) is 70.8 cm³/mol. The van der Waals surface area contributed by atoms with Gasteiger partial charge in [0.25, 0.3) is 0 Å². The fourth-order valence-electron chi connectivity index (χ4n) is 2.08. The van der Waals surface area contributed by atoms with Gasteiger partial charge in [0.05, 0.1) is 19.6 Å². The van der Waals surface area contributed by atoms with E-state index in [2.05, 4.69) is 5.32 Å². The highest BCUT2D eigenvalue weighted by atomic mass is 16.5. The van der Waals surface area contributed by atoms with Crippen LogP contribution in [0, 0.1) is 0 Å². The first-order valence-electron chi connectivity index (χ1n) is 6.37. The number of amides is 1. The molecule has 0 aliphatic carbocycles. The van der Waals surface area contributed by atoms with Crippen LogP contribution in [0.3, 0.4) is 0 Å². The van der Waals surface area contributed by atoms with Gasteiger partial charge in [0, 0.05) is 13.5 Å². The molecular formula is C14H17NO5. The van der Waals surface area contributed by atoms with Gasteiger partial charge in [-0.15, -0.1) is 0 Å². The van der Waals surface area contributed by atoms with E-state index >= 15 is 0 Å². The molecule has 1 aromatic carbocycles. The van der Waals surface area contributed by atoms with Gasteiger partial charge in [-0.2, -0.15) is 0 Å². The third kappa shape index (κ3) is 3.48. The van der Waals surface area contributed by atoms with E-state index in [0.29, 0.717) is 6.61 Å². The fourth-order valence-corrected chi connectivity index (χ4v) is 2.08. The molecule has 6 nitrogen and oxygen atoms in total. The number of carbonyl (C=O) groups excluding carboxylic acids is 1. The maximum Gasteiger partial charge on any atom is 0.334 e. The van der Waals surface area contributed by atoms with Crippen molar-refractivity contribution >= 4 is 11.9 Å². The Balaban J connectivity index is 1.87. The number of aliphatic carboxylic acids is 1. The normalized spacial score (nSPS) is 14.2. The summed E-state index contributed by atoms with van der Waals surface area (Å²) in [6, 6.07) is 5.65. The van der Waals surface area contributed by atoms with E-state index in [1.165, 1.54) is 7.11 Å². The maximum absolute atomic E-state index is 11.8. The summed E-state index contributed by atoms with van der Waals surface area (Å²) in [6.07, 6.45) is 0.0474. The second-order valence-electron chi connectivity index (χ2n) is 4.58. The smallest absolute Gasteiger partial charge is 0.334 e. The fraction of sp³-hybridized carbons (Fsp3) is 0.429. The summed E-state index contributed by atoms with van der Waals surface area (Å²) in [5.41, 5.74) is 1.99. The molecule has 1 aromatic rings. The molecule has 1 aliphatic rings. The van der Waals surface area contributed by atoms with Crippen LogP contribution in [0.2, 0.25) is 0 Å². The van der Waals surface area contributed by atoms with Crippen LogP contribution < -0.4 is 10.1 Å². The minimum atomic E-state index is -1.09. The quantitative estimate of drug-likeness (QED) is 0.786. The second-order valence-corrected chi connectivity index (χ2v) is 4.58. The van der Waals surface area contributed by atoms with Crippen molar-refractivity contribution in [3.05, 3.63) is 29.3 Å². The number of hydrogen-bond donors (Lipinski definition) is 2. The van der Waals surface area contributed by atoms with E-state index < -0.39 is 12.1 Å². The molecule has 0 spiro atoms. The summed E-state index contributed by atoms with van der Waals surface area (Å²) in [4.78, 5) is 22.5. The molecule has 0 saturated carbocycles. The zero-order valence-electron chi connectivity index (χ0n) is 11.2. The monoisotopic (exact) mass is 279 g/mol. The maximum atomic E-state index is 11.8. The number of carboxylic acid groups (broad SMARTS) is 1. The molecule has 108 valence electrons. The van der Waals surface area contributed by atoms with E-state index in [-0.39, 0.29) is 18.9 Å². The molecule has 0 aromatic heterocycles. The number of rotatable bonds is 6. The number of benzene rings is 1. The van der Waals surface area contributed by atoms with Crippen molar-refractivity contribution in [3.8, 4) is 5.75 Å². The SMILES string of the molecule is COC(CNC(=O)Cc1ccc2c(c1)CCO2)C(=O)O. The van der Waals surface area contributed by atoms with Crippen LogP contribution >= 0.6 is 0 Å². The van der Waals surface area contributed by atoms with Gasteiger partial charge in [0.1, 0.15) is 5.75 Å². The zero-order valence-corrected chi connectivity index (χ0v) is 11.2. The first-order valence-corrected chi connectivity index (χ1v) is 6.37. The lowest BCUT2D eigenvalue weighted by molar-refractivity contribution is -0.148. The van der Waals surface area contributed by atoms with Gasteiger partial charge in [0.15, 0.2) is 6.10 Å². The standard InChI is InChI=1S/C14H17NO5/c1-19-12(14(17)18)8-15-13(16)7-9-2-3-11-10(6-9)4-5-20-11/h2-3,6,12H,4-5,7-8H2,1H3,(H,15,16)(H,17,18). The Morgan fingerprint density at radius 2 is 2.30 bits per heavy atom. The lowest BCUT2D eigenvalue weighted by Gasteiger charge is -2.11. The summed E-state index contributed by atoms with van der Waals surface area (Å²) in [7, 11) is 1.30. The minimum Gasteiger partial charge on any atom is -0.493 e. The van der Waals surface area contributed by atoms with Gasteiger partial charge in [-0.05, 0) is 17.2 Å². The van der Waals surface area contributed by atoms with Gasteiger partial charge < -0.3 is 19.9 Å². The van der Waals surface area contributed by atoms with Crippen LogP contribution in [-0.4, -0.2) is 43.3 Å². The molecule has 1 heterocycles. The highest BCUT2D eigenvalue weighted by molar-refractivity contribution is 5.80. The molecule has 1 amide bonds. The molecule has 0 bridgehead atoms. The highest BCUT2D eigenvalue weighted by Gasteiger charge is 2.18. The van der Waals surface area contributed by atoms with Crippen LogP contribution in [0.1, 0.15) is 11.1 Å². The molecule has 0 saturated heterocycles. The second kappa shape index (κ2) is 6.38. The Bertz CT molecular complexity index is 514. The van der Waals surface area contributed by atoms with Crippen molar-refractivity contribution in [3.63, 3.8) is 0 Å². The number of ether oxygens (including phenoxy) is 2. The molecule has 1 atom stereocenters. The number of hydrogen-bond acceptors (Lipinski definition) is 4. The average molecular weight is 279 g/mol. The Morgan fingerprint density at radius 3 is 3.00 bits per heavy atom. The Labute approximate surface area is 116 Å². The third-order valence-electron chi connectivity index (χ3n) is 3.16. The van der Waals surface area contributed by atoms with Crippen molar-refractivity contribution < 1.29 is 24.2 Å². The molecule has 1 aliphatic heterocycles. The van der Waals surface area contributed by atoms with Crippen molar-refractivity contribution in [1.29, 1.82) is 0 Å². The van der Waals surface area contributed by atoms with E-state index in [0.717, 1.165) is 23.3 Å². The molecular weight excluding hydrogens is 262 g/mol. The number of methoxy groups -OCH3 is 1. The van der Waals surface area contributed by atoms with Crippen LogP contribution in [0.5, 0.6) is 5.75 Å². The van der Waals surface area contributed by atoms with E-state index in [9.17, 15) is 9.59 Å². The molecule has 6 heteroatoms. The van der Waals surface area contributed by atoms with Crippen molar-refractivity contribution in [2.45, 2.75) is 18.9 Å². The summed E-state index contributed by atoms with van der Waals surface area (Å²) >= 11 is 0. The molecule has 0 fully saturated rings. The number of fused-ring (bicyclic) bond motifs is 1. The first-order chi connectivity index (χ1) is 9.60. The lowest BCUT2D eigenvalue weighted by Crippen LogP contribution is -2.38. The summed E-state index contributed by atoms with van der Waals surface area (Å²) in [5.74, 6) is -0.450. The number of carboxylic acids is 1. The van der Waals surface area contributed by atoms with Gasteiger partial charge in [-0.3, -0.25) is 4.79 Å². The third-order valence-corrected chi connectivity index (χ3v) is 3.16. The van der Waals surface area contributed by atoms with Crippen LogP contribution in [0.25, 0.3) is 0 Å². The predicted octanol–water partition coefficient (Wildman–Crippen LogP) is 0.380. The average Bonchev–Trinajstić information content (AvgIpc) is 2.86. The van der Waals surface area contributed by atoms with Gasteiger partial charge >= 0.3 is 5.97 Å². The van der Waals surface area contributed by atoms with Crippen molar-refractivity contribution in [1.82, 2.24) is 5.32 Å². The van der Waals surface area contributed by atoms with Gasteiger partial charge in [-0.25, -0.2) is 4.79 Å². The largest absolute Gasteiger partial charge is 0.493 e. The Morgan fingerprint density at radius 1 is 1.50 bits per heavy atom.